The van der Waals surface area contributed by atoms with Gasteiger partial charge in [-0.25, -0.2) is 9.48 Å². The second kappa shape index (κ2) is 8.10. The first-order valence-electron chi connectivity index (χ1n) is 9.37. The minimum Gasteiger partial charge on any atom is -0.474 e. The van der Waals surface area contributed by atoms with Crippen molar-refractivity contribution >= 4 is 11.9 Å². The molecule has 2 aromatic rings. The van der Waals surface area contributed by atoms with Gasteiger partial charge in [0.05, 0.1) is 24.4 Å². The predicted octanol–water partition coefficient (Wildman–Crippen LogP) is 2.78. The number of benzene rings is 1. The van der Waals surface area contributed by atoms with Crippen LogP contribution in [0.4, 0.5) is 10.6 Å². The third-order valence-electron chi connectivity index (χ3n) is 4.32. The van der Waals surface area contributed by atoms with E-state index in [0.29, 0.717) is 31.4 Å². The average molecular weight is 388 g/mol. The van der Waals surface area contributed by atoms with E-state index >= 15 is 0 Å². The molecule has 8 heteroatoms. The van der Waals surface area contributed by atoms with Gasteiger partial charge in [0, 0.05) is 6.54 Å². The van der Waals surface area contributed by atoms with Crippen molar-refractivity contribution in [3.05, 3.63) is 35.9 Å². The summed E-state index contributed by atoms with van der Waals surface area (Å²) in [6.45, 7) is 9.03. The first-order chi connectivity index (χ1) is 13.2. The topological polar surface area (TPSA) is 91.8 Å². The number of hydrogen-bond donors (Lipinski definition) is 1. The predicted molar refractivity (Wildman–Crippen MR) is 106 cm³/mol. The lowest BCUT2D eigenvalue weighted by Crippen LogP contribution is -2.49. The zero-order chi connectivity index (χ0) is 20.3. The largest absolute Gasteiger partial charge is 0.474 e. The number of carbonyl (C=O) groups is 1. The molecular formula is C20H28N4O4. The summed E-state index contributed by atoms with van der Waals surface area (Å²) in [5.74, 6) is 0.987. The molecule has 1 amide bonds. The molecule has 152 valence electrons. The minimum atomic E-state index is -0.527. The van der Waals surface area contributed by atoms with Crippen LogP contribution in [0.5, 0.6) is 5.88 Å². The molecule has 1 aliphatic rings. The van der Waals surface area contributed by atoms with Crippen LogP contribution < -0.4 is 10.5 Å². The van der Waals surface area contributed by atoms with Crippen molar-refractivity contribution < 1.29 is 19.0 Å². The smallest absolute Gasteiger partial charge is 0.410 e. The number of nitrogens with two attached hydrogens (primary N) is 1. The van der Waals surface area contributed by atoms with Crippen LogP contribution in [0.1, 0.15) is 26.3 Å². The Hall–Kier alpha value is -2.74. The SMILES string of the molecule is Cc1c(OC[C@H]2CN(C(=O)OC(C)(C)C)CCO2)nn(-c2ccccc2)c1N. The molecule has 2 heterocycles. The third-order valence-corrected chi connectivity index (χ3v) is 4.32. The van der Waals surface area contributed by atoms with Crippen LogP contribution in [0, 0.1) is 6.92 Å². The molecule has 2 N–H and O–H groups in total. The second-order valence-electron chi connectivity index (χ2n) is 7.79. The summed E-state index contributed by atoms with van der Waals surface area (Å²) >= 11 is 0. The van der Waals surface area contributed by atoms with Gasteiger partial charge < -0.3 is 24.8 Å². The third kappa shape index (κ3) is 4.75. The number of hydrogen-bond acceptors (Lipinski definition) is 6. The average Bonchev–Trinajstić information content (AvgIpc) is 2.94. The highest BCUT2D eigenvalue weighted by Gasteiger charge is 2.29. The number of morpholine rings is 1. The molecule has 1 aromatic carbocycles. The number of para-hydroxylation sites is 1. The van der Waals surface area contributed by atoms with Crippen molar-refractivity contribution in [3.8, 4) is 11.6 Å². The molecule has 1 atom stereocenters. The number of nitrogens with zero attached hydrogens (tertiary/aromatic N) is 3. The van der Waals surface area contributed by atoms with E-state index < -0.39 is 5.60 Å². The maximum atomic E-state index is 12.3. The van der Waals surface area contributed by atoms with Crippen LogP contribution in [-0.2, 0) is 9.47 Å². The lowest BCUT2D eigenvalue weighted by Gasteiger charge is -2.34. The van der Waals surface area contributed by atoms with Crippen molar-refractivity contribution in [2.75, 3.05) is 32.0 Å². The Morgan fingerprint density at radius 1 is 1.32 bits per heavy atom. The number of ether oxygens (including phenoxy) is 3. The molecule has 0 unspecified atom stereocenters. The lowest BCUT2D eigenvalue weighted by atomic mass is 10.2. The second-order valence-corrected chi connectivity index (χ2v) is 7.79. The van der Waals surface area contributed by atoms with Gasteiger partial charge in [-0.2, -0.15) is 0 Å². The van der Waals surface area contributed by atoms with Gasteiger partial charge in [0.1, 0.15) is 24.1 Å². The van der Waals surface area contributed by atoms with Crippen LogP contribution in [0.15, 0.2) is 30.3 Å². The Bertz CT molecular complexity index is 814. The summed E-state index contributed by atoms with van der Waals surface area (Å²) in [4.78, 5) is 13.9. The number of carbonyl (C=O) groups excluding carboxylic acids is 1. The van der Waals surface area contributed by atoms with Gasteiger partial charge in [0.25, 0.3) is 0 Å². The van der Waals surface area contributed by atoms with Crippen molar-refractivity contribution in [2.45, 2.75) is 39.4 Å². The quantitative estimate of drug-likeness (QED) is 0.866. The van der Waals surface area contributed by atoms with Gasteiger partial charge in [-0.1, -0.05) is 18.2 Å². The summed E-state index contributed by atoms with van der Waals surface area (Å²) in [6.07, 6.45) is -0.599. The molecule has 1 saturated heterocycles. The minimum absolute atomic E-state index is 0.260. The molecule has 1 aliphatic heterocycles. The number of rotatable bonds is 4. The van der Waals surface area contributed by atoms with Crippen molar-refractivity contribution in [2.24, 2.45) is 0 Å². The standard InChI is InChI=1S/C20H28N4O4/c1-14-17(21)24(15-8-6-5-7-9-15)22-18(14)27-13-16-12-23(10-11-26-16)19(25)28-20(2,3)4/h5-9,16H,10-13,21H2,1-4H3/t16-/m1/s1. The van der Waals surface area contributed by atoms with E-state index in [-0.39, 0.29) is 18.8 Å². The zero-order valence-electron chi connectivity index (χ0n) is 16.8. The molecule has 28 heavy (non-hydrogen) atoms. The maximum absolute atomic E-state index is 12.3. The van der Waals surface area contributed by atoms with Gasteiger partial charge in [0.2, 0.25) is 5.88 Å². The Morgan fingerprint density at radius 2 is 2.04 bits per heavy atom. The van der Waals surface area contributed by atoms with E-state index in [1.807, 2.05) is 58.0 Å². The molecule has 0 spiro atoms. The van der Waals surface area contributed by atoms with Crippen LogP contribution in [0.3, 0.4) is 0 Å². The van der Waals surface area contributed by atoms with E-state index in [0.717, 1.165) is 11.3 Å². The summed E-state index contributed by atoms with van der Waals surface area (Å²) in [7, 11) is 0. The summed E-state index contributed by atoms with van der Waals surface area (Å²) in [5.41, 5.74) is 7.29. The Balaban J connectivity index is 1.62. The number of aromatic nitrogens is 2. The monoisotopic (exact) mass is 388 g/mol. The lowest BCUT2D eigenvalue weighted by molar-refractivity contribution is -0.0562. The van der Waals surface area contributed by atoms with E-state index in [9.17, 15) is 4.79 Å². The first-order valence-corrected chi connectivity index (χ1v) is 9.37. The van der Waals surface area contributed by atoms with E-state index in [4.69, 9.17) is 19.9 Å². The highest BCUT2D eigenvalue weighted by atomic mass is 16.6. The molecule has 0 saturated carbocycles. The Morgan fingerprint density at radius 3 is 2.71 bits per heavy atom. The van der Waals surface area contributed by atoms with Crippen LogP contribution in [0.2, 0.25) is 0 Å². The fourth-order valence-electron chi connectivity index (χ4n) is 2.88. The summed E-state index contributed by atoms with van der Waals surface area (Å²) < 4.78 is 18.7. The Kier molecular flexibility index (Phi) is 5.79. The molecule has 1 aromatic heterocycles. The van der Waals surface area contributed by atoms with Gasteiger partial charge in [-0.05, 0) is 39.8 Å². The van der Waals surface area contributed by atoms with Gasteiger partial charge >= 0.3 is 6.09 Å². The van der Waals surface area contributed by atoms with Crippen LogP contribution in [-0.4, -0.2) is 58.8 Å². The molecule has 8 nitrogen and oxygen atoms in total. The molecule has 0 bridgehead atoms. The molecule has 3 rings (SSSR count). The summed E-state index contributed by atoms with van der Waals surface area (Å²) in [5, 5.41) is 4.48. The van der Waals surface area contributed by atoms with Gasteiger partial charge in [-0.3, -0.25) is 0 Å². The molecular weight excluding hydrogens is 360 g/mol. The van der Waals surface area contributed by atoms with E-state index in [2.05, 4.69) is 5.10 Å². The van der Waals surface area contributed by atoms with Crippen LogP contribution >= 0.6 is 0 Å². The molecule has 0 aliphatic carbocycles. The van der Waals surface area contributed by atoms with E-state index in [1.54, 1.807) is 9.58 Å². The highest BCUT2D eigenvalue weighted by Crippen LogP contribution is 2.26. The van der Waals surface area contributed by atoms with Crippen LogP contribution in [0.25, 0.3) is 5.69 Å². The first kappa shape index (κ1) is 20.0. The van der Waals surface area contributed by atoms with Crippen molar-refractivity contribution in [1.82, 2.24) is 14.7 Å². The Labute approximate surface area is 165 Å². The fourth-order valence-corrected chi connectivity index (χ4v) is 2.88. The van der Waals surface area contributed by atoms with Crippen molar-refractivity contribution in [3.63, 3.8) is 0 Å². The highest BCUT2D eigenvalue weighted by molar-refractivity contribution is 5.68. The van der Waals surface area contributed by atoms with E-state index in [1.165, 1.54) is 0 Å². The maximum Gasteiger partial charge on any atom is 0.410 e. The number of nitrogen functional groups attached to an aromatic ring is 1. The molecule has 0 radical (unpaired) electrons. The summed E-state index contributed by atoms with van der Waals surface area (Å²) in [6, 6.07) is 9.64. The number of anilines is 1. The van der Waals surface area contributed by atoms with Gasteiger partial charge in [-0.15, -0.1) is 5.10 Å². The zero-order valence-corrected chi connectivity index (χ0v) is 16.8. The van der Waals surface area contributed by atoms with Gasteiger partial charge in [0.15, 0.2) is 0 Å². The molecule has 1 fully saturated rings. The van der Waals surface area contributed by atoms with Crippen molar-refractivity contribution in [1.29, 1.82) is 0 Å². The normalized spacial score (nSPS) is 17.4. The fraction of sp³-hybridized carbons (Fsp3) is 0.500. The number of amides is 1.